The molecular weight excluding hydrogens is 464 g/mol. The largest absolute Gasteiger partial charge is 0.507 e. The Balaban J connectivity index is 1.78. The summed E-state index contributed by atoms with van der Waals surface area (Å²) in [5, 5.41) is 13.0. The zero-order valence-corrected chi connectivity index (χ0v) is 19.2. The standard InChI is InChI=1S/C29H21F2NO4/c1-2-36-20-10-5-9-18(15-20)27(33)25-26(22-12-6-8-17-7-3-4-11-21(17)22)32(29(35)28(25)34)19-13-14-23(30)24(31)16-19/h3-16,26,33H,2H2,1H3/b27-25-. The third-order valence-electron chi connectivity index (χ3n) is 6.16. The maximum Gasteiger partial charge on any atom is 0.300 e. The fraction of sp³-hybridized carbons (Fsp3) is 0.103. The lowest BCUT2D eigenvalue weighted by atomic mass is 9.91. The number of Topliss-reactive ketones (excluding diaryl/α,β-unsaturated/α-hetero) is 1. The molecule has 5 rings (SSSR count). The van der Waals surface area contributed by atoms with Gasteiger partial charge in [0.05, 0.1) is 18.2 Å². The molecule has 1 N–H and O–H groups in total. The molecule has 1 unspecified atom stereocenters. The van der Waals surface area contributed by atoms with Crippen molar-refractivity contribution in [2.75, 3.05) is 11.5 Å². The van der Waals surface area contributed by atoms with Crippen molar-refractivity contribution in [1.82, 2.24) is 0 Å². The second-order valence-electron chi connectivity index (χ2n) is 8.30. The van der Waals surface area contributed by atoms with Crippen molar-refractivity contribution < 1.29 is 28.2 Å². The van der Waals surface area contributed by atoms with Crippen molar-refractivity contribution in [1.29, 1.82) is 0 Å². The van der Waals surface area contributed by atoms with Crippen molar-refractivity contribution in [3.05, 3.63) is 113 Å². The molecule has 1 heterocycles. The number of ether oxygens (including phenoxy) is 1. The van der Waals surface area contributed by atoms with Crippen LogP contribution in [0.2, 0.25) is 0 Å². The van der Waals surface area contributed by atoms with Gasteiger partial charge in [-0.2, -0.15) is 0 Å². The van der Waals surface area contributed by atoms with Crippen LogP contribution in [0.5, 0.6) is 5.75 Å². The number of fused-ring (bicyclic) bond motifs is 1. The van der Waals surface area contributed by atoms with Crippen molar-refractivity contribution in [3.8, 4) is 5.75 Å². The number of nitrogens with zero attached hydrogens (tertiary/aromatic N) is 1. The molecule has 1 fully saturated rings. The Bertz CT molecular complexity index is 1540. The number of benzene rings is 4. The molecule has 0 aromatic heterocycles. The van der Waals surface area contributed by atoms with E-state index in [1.807, 2.05) is 37.3 Å². The lowest BCUT2D eigenvalue weighted by Gasteiger charge is -2.26. The first-order chi connectivity index (χ1) is 17.4. The van der Waals surface area contributed by atoms with Crippen LogP contribution in [0.15, 0.2) is 90.5 Å². The maximum atomic E-state index is 14.2. The Morgan fingerprint density at radius 2 is 1.67 bits per heavy atom. The van der Waals surface area contributed by atoms with Gasteiger partial charge in [-0.15, -0.1) is 0 Å². The SMILES string of the molecule is CCOc1cccc(/C(O)=C2/C(=O)C(=O)N(c3ccc(F)c(F)c3)C2c2cccc3ccccc23)c1. The first-order valence-corrected chi connectivity index (χ1v) is 11.4. The molecule has 1 aliphatic rings. The quantitative estimate of drug-likeness (QED) is 0.209. The number of hydrogen-bond acceptors (Lipinski definition) is 4. The number of carbonyl (C=O) groups excluding carboxylic acids is 2. The molecule has 1 atom stereocenters. The van der Waals surface area contributed by atoms with Gasteiger partial charge in [-0.25, -0.2) is 8.78 Å². The highest BCUT2D eigenvalue weighted by molar-refractivity contribution is 6.51. The predicted octanol–water partition coefficient (Wildman–Crippen LogP) is 6.14. The van der Waals surface area contributed by atoms with E-state index in [0.29, 0.717) is 17.9 Å². The molecule has 1 amide bonds. The van der Waals surface area contributed by atoms with Crippen LogP contribution in [0.1, 0.15) is 24.1 Å². The van der Waals surface area contributed by atoms with Gasteiger partial charge >= 0.3 is 0 Å². The molecule has 4 aromatic carbocycles. The molecule has 0 radical (unpaired) electrons. The summed E-state index contributed by atoms with van der Waals surface area (Å²) in [4.78, 5) is 27.8. The van der Waals surface area contributed by atoms with Gasteiger partial charge in [-0.3, -0.25) is 14.5 Å². The van der Waals surface area contributed by atoms with Gasteiger partial charge in [0.1, 0.15) is 11.5 Å². The van der Waals surface area contributed by atoms with Crippen LogP contribution in [0.25, 0.3) is 16.5 Å². The van der Waals surface area contributed by atoms with Crippen LogP contribution < -0.4 is 9.64 Å². The molecule has 0 aliphatic carbocycles. The minimum atomic E-state index is -1.16. The molecule has 0 bridgehead atoms. The van der Waals surface area contributed by atoms with Gasteiger partial charge in [0.2, 0.25) is 0 Å². The predicted molar refractivity (Wildman–Crippen MR) is 133 cm³/mol. The van der Waals surface area contributed by atoms with E-state index < -0.39 is 35.1 Å². The first-order valence-electron chi connectivity index (χ1n) is 11.4. The molecule has 1 saturated heterocycles. The highest BCUT2D eigenvalue weighted by Gasteiger charge is 2.47. The number of aliphatic hydroxyl groups excluding tert-OH is 1. The van der Waals surface area contributed by atoms with Crippen LogP contribution in [0.4, 0.5) is 14.5 Å². The van der Waals surface area contributed by atoms with E-state index >= 15 is 0 Å². The molecule has 4 aromatic rings. The summed E-state index contributed by atoms with van der Waals surface area (Å²) >= 11 is 0. The average Bonchev–Trinajstić information content (AvgIpc) is 3.15. The summed E-state index contributed by atoms with van der Waals surface area (Å²) in [6.07, 6.45) is 0. The lowest BCUT2D eigenvalue weighted by Crippen LogP contribution is -2.29. The molecule has 1 aliphatic heterocycles. The number of halogens is 2. The Morgan fingerprint density at radius 1 is 0.917 bits per heavy atom. The van der Waals surface area contributed by atoms with E-state index in [1.165, 1.54) is 6.07 Å². The molecule has 7 heteroatoms. The zero-order valence-electron chi connectivity index (χ0n) is 19.2. The number of hydrogen-bond donors (Lipinski definition) is 1. The summed E-state index contributed by atoms with van der Waals surface area (Å²) in [6.45, 7) is 2.22. The van der Waals surface area contributed by atoms with E-state index in [4.69, 9.17) is 4.74 Å². The average molecular weight is 485 g/mol. The van der Waals surface area contributed by atoms with E-state index in [0.717, 1.165) is 27.8 Å². The molecule has 36 heavy (non-hydrogen) atoms. The molecular formula is C29H21F2NO4. The normalized spacial score (nSPS) is 17.1. The van der Waals surface area contributed by atoms with E-state index in [1.54, 1.807) is 36.4 Å². The fourth-order valence-electron chi connectivity index (χ4n) is 4.57. The van der Waals surface area contributed by atoms with Crippen molar-refractivity contribution in [2.24, 2.45) is 0 Å². The third kappa shape index (κ3) is 3.88. The number of aliphatic hydroxyl groups is 1. The number of ketones is 1. The van der Waals surface area contributed by atoms with E-state index in [-0.39, 0.29) is 16.8 Å². The zero-order chi connectivity index (χ0) is 25.4. The van der Waals surface area contributed by atoms with Crippen LogP contribution in [-0.4, -0.2) is 23.4 Å². The second kappa shape index (κ2) is 9.26. The molecule has 0 saturated carbocycles. The summed E-state index contributed by atoms with van der Waals surface area (Å²) < 4.78 is 33.4. The molecule has 0 spiro atoms. The summed E-state index contributed by atoms with van der Waals surface area (Å²) in [7, 11) is 0. The number of anilines is 1. The van der Waals surface area contributed by atoms with Crippen LogP contribution in [0.3, 0.4) is 0 Å². The highest BCUT2D eigenvalue weighted by atomic mass is 19.2. The smallest absolute Gasteiger partial charge is 0.300 e. The maximum absolute atomic E-state index is 14.2. The van der Waals surface area contributed by atoms with E-state index in [9.17, 15) is 23.5 Å². The van der Waals surface area contributed by atoms with Gasteiger partial charge < -0.3 is 9.84 Å². The second-order valence-corrected chi connectivity index (χ2v) is 8.30. The number of carbonyl (C=O) groups is 2. The number of amides is 1. The van der Waals surface area contributed by atoms with E-state index in [2.05, 4.69) is 0 Å². The Hall–Kier alpha value is -4.52. The highest BCUT2D eigenvalue weighted by Crippen LogP contribution is 2.44. The topological polar surface area (TPSA) is 66.8 Å². The Kier molecular flexibility index (Phi) is 5.98. The molecule has 180 valence electrons. The fourth-order valence-corrected chi connectivity index (χ4v) is 4.57. The summed E-state index contributed by atoms with van der Waals surface area (Å²) in [5.41, 5.74) is 0.680. The van der Waals surface area contributed by atoms with Crippen molar-refractivity contribution in [3.63, 3.8) is 0 Å². The van der Waals surface area contributed by atoms with Gasteiger partial charge in [0, 0.05) is 17.3 Å². The monoisotopic (exact) mass is 485 g/mol. The Morgan fingerprint density at radius 3 is 2.44 bits per heavy atom. The van der Waals surface area contributed by atoms with Crippen molar-refractivity contribution >= 4 is 33.9 Å². The van der Waals surface area contributed by atoms with Gasteiger partial charge in [0.15, 0.2) is 11.6 Å². The van der Waals surface area contributed by atoms with Gasteiger partial charge in [0.25, 0.3) is 11.7 Å². The van der Waals surface area contributed by atoms with Gasteiger partial charge in [-0.05, 0) is 47.5 Å². The van der Waals surface area contributed by atoms with Crippen molar-refractivity contribution in [2.45, 2.75) is 13.0 Å². The van der Waals surface area contributed by atoms with Crippen LogP contribution >= 0.6 is 0 Å². The molecule has 5 nitrogen and oxygen atoms in total. The van der Waals surface area contributed by atoms with Crippen LogP contribution in [-0.2, 0) is 9.59 Å². The number of rotatable bonds is 5. The summed E-state index contributed by atoms with van der Waals surface area (Å²) in [5.74, 6) is -4.03. The van der Waals surface area contributed by atoms with Crippen LogP contribution in [0, 0.1) is 11.6 Å². The third-order valence-corrected chi connectivity index (χ3v) is 6.16. The first kappa shape index (κ1) is 23.2. The Labute approximate surface area is 205 Å². The minimum Gasteiger partial charge on any atom is -0.507 e. The minimum absolute atomic E-state index is 0.00366. The van der Waals surface area contributed by atoms with Gasteiger partial charge in [-0.1, -0.05) is 54.6 Å². The lowest BCUT2D eigenvalue weighted by molar-refractivity contribution is -0.132. The summed E-state index contributed by atoms with van der Waals surface area (Å²) in [6, 6.07) is 21.3.